The standard InChI is InChI=1S/C15H15ClN2OS/c1-19-13-5-2-10(8-12(13)16)9-20-14-6-7-17-15(18-14)11-3-4-11/h2,5-8,11H,3-4,9H2,1H3. The van der Waals surface area contributed by atoms with Crippen molar-refractivity contribution in [3.63, 3.8) is 0 Å². The van der Waals surface area contributed by atoms with Crippen LogP contribution in [0.4, 0.5) is 0 Å². The number of benzene rings is 1. The molecule has 20 heavy (non-hydrogen) atoms. The lowest BCUT2D eigenvalue weighted by Gasteiger charge is -2.06. The van der Waals surface area contributed by atoms with Crippen LogP contribution in [-0.2, 0) is 5.75 Å². The van der Waals surface area contributed by atoms with Gasteiger partial charge in [0.05, 0.1) is 12.1 Å². The van der Waals surface area contributed by atoms with Gasteiger partial charge < -0.3 is 4.74 Å². The molecule has 0 radical (unpaired) electrons. The van der Waals surface area contributed by atoms with Crippen LogP contribution in [0.5, 0.6) is 5.75 Å². The van der Waals surface area contributed by atoms with Crippen LogP contribution in [0, 0.1) is 0 Å². The van der Waals surface area contributed by atoms with Gasteiger partial charge in [0, 0.05) is 17.9 Å². The van der Waals surface area contributed by atoms with E-state index in [0.717, 1.165) is 22.2 Å². The lowest BCUT2D eigenvalue weighted by molar-refractivity contribution is 0.415. The molecule has 104 valence electrons. The van der Waals surface area contributed by atoms with E-state index in [0.29, 0.717) is 16.7 Å². The summed E-state index contributed by atoms with van der Waals surface area (Å²) in [5.41, 5.74) is 1.16. The van der Waals surface area contributed by atoms with E-state index in [1.54, 1.807) is 18.9 Å². The van der Waals surface area contributed by atoms with Gasteiger partial charge in [-0.2, -0.15) is 0 Å². The van der Waals surface area contributed by atoms with Gasteiger partial charge in [0.15, 0.2) is 0 Å². The highest BCUT2D eigenvalue weighted by Gasteiger charge is 2.26. The zero-order chi connectivity index (χ0) is 13.9. The minimum absolute atomic E-state index is 0.589. The molecule has 0 saturated heterocycles. The van der Waals surface area contributed by atoms with Crippen molar-refractivity contribution < 1.29 is 4.74 Å². The van der Waals surface area contributed by atoms with Gasteiger partial charge >= 0.3 is 0 Å². The quantitative estimate of drug-likeness (QED) is 0.609. The molecule has 1 aromatic carbocycles. The van der Waals surface area contributed by atoms with Crippen LogP contribution in [0.1, 0.15) is 30.1 Å². The fraction of sp³-hybridized carbons (Fsp3) is 0.333. The molecule has 5 heteroatoms. The maximum atomic E-state index is 6.13. The van der Waals surface area contributed by atoms with Gasteiger partial charge in [0.1, 0.15) is 16.6 Å². The molecule has 3 nitrogen and oxygen atoms in total. The number of ether oxygens (including phenoxy) is 1. The van der Waals surface area contributed by atoms with Crippen LogP contribution >= 0.6 is 23.4 Å². The molecule has 1 heterocycles. The predicted octanol–water partition coefficient (Wildman–Crippen LogP) is 4.31. The Balaban J connectivity index is 1.66. The average molecular weight is 307 g/mol. The van der Waals surface area contributed by atoms with E-state index in [-0.39, 0.29) is 0 Å². The van der Waals surface area contributed by atoms with Crippen LogP contribution in [0.3, 0.4) is 0 Å². The van der Waals surface area contributed by atoms with Crippen LogP contribution in [0.15, 0.2) is 35.5 Å². The van der Waals surface area contributed by atoms with Gasteiger partial charge in [-0.3, -0.25) is 0 Å². The summed E-state index contributed by atoms with van der Waals surface area (Å²) in [4.78, 5) is 8.93. The third-order valence-corrected chi connectivity index (χ3v) is 4.49. The van der Waals surface area contributed by atoms with E-state index in [1.165, 1.54) is 12.8 Å². The third-order valence-electron chi connectivity index (χ3n) is 3.19. The maximum absolute atomic E-state index is 6.13. The number of aromatic nitrogens is 2. The Morgan fingerprint density at radius 1 is 1.35 bits per heavy atom. The normalized spacial score (nSPS) is 14.3. The molecule has 1 aliphatic rings. The third kappa shape index (κ3) is 3.25. The first-order valence-corrected chi connectivity index (χ1v) is 7.91. The van der Waals surface area contributed by atoms with E-state index in [9.17, 15) is 0 Å². The van der Waals surface area contributed by atoms with Gasteiger partial charge in [-0.15, -0.1) is 11.8 Å². The number of hydrogen-bond acceptors (Lipinski definition) is 4. The number of rotatable bonds is 5. The van der Waals surface area contributed by atoms with Crippen LogP contribution in [-0.4, -0.2) is 17.1 Å². The van der Waals surface area contributed by atoms with Crippen molar-refractivity contribution in [2.75, 3.05) is 7.11 Å². The SMILES string of the molecule is COc1ccc(CSc2ccnc(C3CC3)n2)cc1Cl. The fourth-order valence-electron chi connectivity index (χ4n) is 1.93. The van der Waals surface area contributed by atoms with Crippen molar-refractivity contribution >= 4 is 23.4 Å². The van der Waals surface area contributed by atoms with Gasteiger partial charge in [-0.1, -0.05) is 17.7 Å². The van der Waals surface area contributed by atoms with E-state index in [4.69, 9.17) is 16.3 Å². The molecular weight excluding hydrogens is 292 g/mol. The zero-order valence-electron chi connectivity index (χ0n) is 11.2. The number of hydrogen-bond donors (Lipinski definition) is 0. The summed E-state index contributed by atoms with van der Waals surface area (Å²) in [6, 6.07) is 7.83. The summed E-state index contributed by atoms with van der Waals surface area (Å²) in [5, 5.41) is 1.67. The van der Waals surface area contributed by atoms with Crippen molar-refractivity contribution in [3.05, 3.63) is 46.9 Å². The molecule has 2 aromatic rings. The molecule has 1 fully saturated rings. The Morgan fingerprint density at radius 2 is 2.20 bits per heavy atom. The van der Waals surface area contributed by atoms with E-state index < -0.39 is 0 Å². The predicted molar refractivity (Wildman–Crippen MR) is 81.6 cm³/mol. The van der Waals surface area contributed by atoms with Crippen LogP contribution in [0.2, 0.25) is 5.02 Å². The largest absolute Gasteiger partial charge is 0.495 e. The number of nitrogens with zero attached hydrogens (tertiary/aromatic N) is 2. The fourth-order valence-corrected chi connectivity index (χ4v) is 3.02. The topological polar surface area (TPSA) is 35.0 Å². The molecule has 0 atom stereocenters. The Kier molecular flexibility index (Phi) is 4.13. The maximum Gasteiger partial charge on any atom is 0.137 e. The number of halogens is 1. The van der Waals surface area contributed by atoms with E-state index in [1.807, 2.05) is 30.5 Å². The van der Waals surface area contributed by atoms with Gasteiger partial charge in [0.2, 0.25) is 0 Å². The molecule has 0 aliphatic heterocycles. The Morgan fingerprint density at radius 3 is 2.90 bits per heavy atom. The molecular formula is C15H15ClN2OS. The van der Waals surface area contributed by atoms with Crippen molar-refractivity contribution in [3.8, 4) is 5.75 Å². The lowest BCUT2D eigenvalue weighted by atomic mass is 10.2. The lowest BCUT2D eigenvalue weighted by Crippen LogP contribution is -1.93. The summed E-state index contributed by atoms with van der Waals surface area (Å²) >= 11 is 7.83. The molecule has 0 N–H and O–H groups in total. The molecule has 1 aliphatic carbocycles. The van der Waals surface area contributed by atoms with Gasteiger partial charge in [-0.25, -0.2) is 9.97 Å². The first-order valence-electron chi connectivity index (χ1n) is 6.54. The molecule has 0 amide bonds. The summed E-state index contributed by atoms with van der Waals surface area (Å²) in [7, 11) is 1.62. The average Bonchev–Trinajstić information content (AvgIpc) is 3.30. The highest BCUT2D eigenvalue weighted by molar-refractivity contribution is 7.98. The highest BCUT2D eigenvalue weighted by Crippen LogP contribution is 2.38. The van der Waals surface area contributed by atoms with Crippen LogP contribution < -0.4 is 4.74 Å². The summed E-state index contributed by atoms with van der Waals surface area (Å²) in [6.07, 6.45) is 4.30. The Hall–Kier alpha value is -1.26. The Labute approximate surface area is 127 Å². The molecule has 0 spiro atoms. The van der Waals surface area contributed by atoms with Crippen molar-refractivity contribution in [1.82, 2.24) is 9.97 Å². The molecule has 1 aromatic heterocycles. The first-order chi connectivity index (χ1) is 9.76. The summed E-state index contributed by atoms with van der Waals surface area (Å²) in [5.74, 6) is 3.12. The second-order valence-electron chi connectivity index (χ2n) is 4.78. The summed E-state index contributed by atoms with van der Waals surface area (Å²) < 4.78 is 5.15. The van der Waals surface area contributed by atoms with E-state index in [2.05, 4.69) is 9.97 Å². The van der Waals surface area contributed by atoms with Crippen molar-refractivity contribution in [1.29, 1.82) is 0 Å². The highest BCUT2D eigenvalue weighted by atomic mass is 35.5. The molecule has 0 bridgehead atoms. The molecule has 0 unspecified atom stereocenters. The summed E-state index contributed by atoms with van der Waals surface area (Å²) in [6.45, 7) is 0. The van der Waals surface area contributed by atoms with E-state index >= 15 is 0 Å². The Bertz CT molecular complexity index is 617. The number of methoxy groups -OCH3 is 1. The monoisotopic (exact) mass is 306 g/mol. The smallest absolute Gasteiger partial charge is 0.137 e. The first kappa shape index (κ1) is 13.7. The second-order valence-corrected chi connectivity index (χ2v) is 6.19. The minimum Gasteiger partial charge on any atom is -0.495 e. The minimum atomic E-state index is 0.589. The van der Waals surface area contributed by atoms with Gasteiger partial charge in [-0.05, 0) is 36.6 Å². The van der Waals surface area contributed by atoms with Crippen molar-refractivity contribution in [2.24, 2.45) is 0 Å². The molecule has 3 rings (SSSR count). The van der Waals surface area contributed by atoms with Crippen LogP contribution in [0.25, 0.3) is 0 Å². The second kappa shape index (κ2) is 6.02. The molecule has 1 saturated carbocycles. The van der Waals surface area contributed by atoms with Gasteiger partial charge in [0.25, 0.3) is 0 Å². The number of thioether (sulfide) groups is 1. The zero-order valence-corrected chi connectivity index (χ0v) is 12.7. The van der Waals surface area contributed by atoms with Crippen molar-refractivity contribution in [2.45, 2.75) is 29.5 Å².